The van der Waals surface area contributed by atoms with Crippen LogP contribution in [-0.2, 0) is 22.4 Å². The van der Waals surface area contributed by atoms with Crippen LogP contribution in [-0.4, -0.2) is 10.2 Å². The van der Waals surface area contributed by atoms with Gasteiger partial charge in [0.1, 0.15) is 0 Å². The second-order valence-corrected chi connectivity index (χ2v) is 7.30. The summed E-state index contributed by atoms with van der Waals surface area (Å²) in [5.41, 5.74) is 0. The number of rotatable bonds is 16. The van der Waals surface area contributed by atoms with Gasteiger partial charge in [0.25, 0.3) is 0 Å². The van der Waals surface area contributed by atoms with Gasteiger partial charge in [-0.05, 0) is 0 Å². The van der Waals surface area contributed by atoms with Crippen LogP contribution < -0.4 is 0 Å². The molecular formula is C18H40AuSi. The van der Waals surface area contributed by atoms with Crippen molar-refractivity contribution >= 4 is 10.2 Å². The Labute approximate surface area is 148 Å². The molecule has 0 aliphatic carbocycles. The second kappa shape index (κ2) is 22.2. The van der Waals surface area contributed by atoms with Gasteiger partial charge in [-0.3, -0.25) is 0 Å². The Hall–Kier alpha value is 0.957. The first-order valence-corrected chi connectivity index (χ1v) is 10.8. The average molecular weight is 482 g/mol. The van der Waals surface area contributed by atoms with Gasteiger partial charge in [-0.25, -0.2) is 0 Å². The molecule has 0 atom stereocenters. The molecule has 0 aliphatic heterocycles. The second-order valence-electron chi connectivity index (χ2n) is 6.30. The first-order valence-electron chi connectivity index (χ1n) is 9.41. The molecule has 0 fully saturated rings. The molecule has 20 heavy (non-hydrogen) atoms. The van der Waals surface area contributed by atoms with Crippen molar-refractivity contribution in [3.8, 4) is 0 Å². The molecule has 1 radical (unpaired) electrons. The van der Waals surface area contributed by atoms with Crippen LogP contribution in [0.2, 0.25) is 6.04 Å². The van der Waals surface area contributed by atoms with Crippen LogP contribution in [0.1, 0.15) is 110 Å². The molecule has 0 rings (SSSR count). The molecular weight excluding hydrogens is 441 g/mol. The van der Waals surface area contributed by atoms with Gasteiger partial charge in [-0.15, -0.1) is 0 Å². The first kappa shape index (κ1) is 23.2. The Kier molecular flexibility index (Phi) is 25.8. The van der Waals surface area contributed by atoms with Crippen LogP contribution in [0.3, 0.4) is 0 Å². The maximum absolute atomic E-state index is 2.30. The molecule has 0 amide bonds. The molecule has 0 spiro atoms. The van der Waals surface area contributed by atoms with E-state index in [9.17, 15) is 0 Å². The van der Waals surface area contributed by atoms with Gasteiger partial charge in [0, 0.05) is 32.6 Å². The molecule has 0 N–H and O–H groups in total. The summed E-state index contributed by atoms with van der Waals surface area (Å²) in [7, 11) is 1.41. The molecule has 2 heteroatoms. The SMILES string of the molecule is CCCCCCCCCCCCCCCCCC[SiH3].[Au]. The molecule has 0 aromatic carbocycles. The molecule has 0 aromatic heterocycles. The van der Waals surface area contributed by atoms with Crippen LogP contribution in [0.15, 0.2) is 0 Å². The van der Waals surface area contributed by atoms with Crippen molar-refractivity contribution in [1.82, 2.24) is 0 Å². The van der Waals surface area contributed by atoms with Gasteiger partial charge in [0.2, 0.25) is 0 Å². The van der Waals surface area contributed by atoms with Gasteiger partial charge in [0.15, 0.2) is 0 Å². The van der Waals surface area contributed by atoms with Crippen molar-refractivity contribution in [2.24, 2.45) is 0 Å². The van der Waals surface area contributed by atoms with Crippen molar-refractivity contribution in [3.05, 3.63) is 0 Å². The summed E-state index contributed by atoms with van der Waals surface area (Å²) in [4.78, 5) is 0. The van der Waals surface area contributed by atoms with E-state index in [2.05, 4.69) is 6.92 Å². The summed E-state index contributed by atoms with van der Waals surface area (Å²) in [6, 6.07) is 1.51. The van der Waals surface area contributed by atoms with Gasteiger partial charge in [-0.1, -0.05) is 116 Å². The third-order valence-corrected chi connectivity index (χ3v) is 4.91. The van der Waals surface area contributed by atoms with E-state index in [1.165, 1.54) is 119 Å². The summed E-state index contributed by atoms with van der Waals surface area (Å²) in [6.45, 7) is 2.30. The Morgan fingerprint density at radius 2 is 0.700 bits per heavy atom. The Balaban J connectivity index is 0. The zero-order valence-corrected chi connectivity index (χ0v) is 18.5. The quantitative estimate of drug-likeness (QED) is 0.187. The minimum Gasteiger partial charge on any atom is -0.0658 e. The van der Waals surface area contributed by atoms with Gasteiger partial charge >= 0.3 is 0 Å². The fourth-order valence-electron chi connectivity index (χ4n) is 2.80. The Bertz CT molecular complexity index is 134. The van der Waals surface area contributed by atoms with Crippen LogP contribution in [0.25, 0.3) is 0 Å². The molecule has 127 valence electrons. The van der Waals surface area contributed by atoms with E-state index >= 15 is 0 Å². The third kappa shape index (κ3) is 21.3. The fourth-order valence-corrected chi connectivity index (χ4v) is 3.30. The molecule has 0 unspecified atom stereocenters. The fraction of sp³-hybridized carbons (Fsp3) is 1.00. The van der Waals surface area contributed by atoms with Crippen molar-refractivity contribution in [2.45, 2.75) is 116 Å². The van der Waals surface area contributed by atoms with Gasteiger partial charge in [0.05, 0.1) is 0 Å². The van der Waals surface area contributed by atoms with E-state index in [1.54, 1.807) is 0 Å². The third-order valence-electron chi connectivity index (χ3n) is 4.21. The molecule has 0 aliphatic rings. The van der Waals surface area contributed by atoms with Crippen molar-refractivity contribution in [1.29, 1.82) is 0 Å². The molecule has 0 saturated carbocycles. The zero-order chi connectivity index (χ0) is 14.0. The van der Waals surface area contributed by atoms with E-state index in [1.807, 2.05) is 0 Å². The zero-order valence-electron chi connectivity index (χ0n) is 14.3. The number of hydrogen-bond acceptors (Lipinski definition) is 0. The van der Waals surface area contributed by atoms with E-state index in [4.69, 9.17) is 0 Å². The number of hydrogen-bond donors (Lipinski definition) is 0. The molecule has 0 heterocycles. The average Bonchev–Trinajstić information content (AvgIpc) is 2.43. The molecule has 0 saturated heterocycles. The van der Waals surface area contributed by atoms with Gasteiger partial charge < -0.3 is 0 Å². The van der Waals surface area contributed by atoms with Gasteiger partial charge in [-0.2, -0.15) is 0 Å². The summed E-state index contributed by atoms with van der Waals surface area (Å²) < 4.78 is 0. The summed E-state index contributed by atoms with van der Waals surface area (Å²) >= 11 is 0. The van der Waals surface area contributed by atoms with Crippen molar-refractivity contribution in [2.75, 3.05) is 0 Å². The van der Waals surface area contributed by atoms with Crippen molar-refractivity contribution in [3.63, 3.8) is 0 Å². The monoisotopic (exact) mass is 481 g/mol. The summed E-state index contributed by atoms with van der Waals surface area (Å²) in [5, 5.41) is 0. The predicted molar refractivity (Wildman–Crippen MR) is 94.3 cm³/mol. The minimum absolute atomic E-state index is 0. The topological polar surface area (TPSA) is 0 Å². The minimum atomic E-state index is 0. The molecule has 0 bridgehead atoms. The van der Waals surface area contributed by atoms with Crippen LogP contribution in [0.5, 0.6) is 0 Å². The van der Waals surface area contributed by atoms with Crippen LogP contribution in [0.4, 0.5) is 0 Å². The molecule has 0 nitrogen and oxygen atoms in total. The number of unbranched alkanes of at least 4 members (excludes halogenated alkanes) is 15. The van der Waals surface area contributed by atoms with E-state index < -0.39 is 0 Å². The summed E-state index contributed by atoms with van der Waals surface area (Å²) in [6.07, 6.45) is 23.7. The molecule has 0 aromatic rings. The normalized spacial score (nSPS) is 10.7. The Morgan fingerprint density at radius 1 is 0.450 bits per heavy atom. The predicted octanol–water partition coefficient (Wildman–Crippen LogP) is 6.03. The summed E-state index contributed by atoms with van der Waals surface area (Å²) in [5.74, 6) is 0. The maximum Gasteiger partial charge on any atom is 0.00279 e. The largest absolute Gasteiger partial charge is 0.0658 e. The van der Waals surface area contributed by atoms with Crippen molar-refractivity contribution < 1.29 is 22.4 Å². The maximum atomic E-state index is 2.30. The standard InChI is InChI=1S/C18H40Si.Au/c1-2-3-4-5-6-7-8-9-10-11-12-13-14-15-16-17-18-19;/h2-18H2,1,19H3;. The van der Waals surface area contributed by atoms with E-state index in [-0.39, 0.29) is 22.4 Å². The van der Waals surface area contributed by atoms with E-state index in [0.29, 0.717) is 0 Å². The Morgan fingerprint density at radius 3 is 0.950 bits per heavy atom. The first-order chi connectivity index (χ1) is 9.41. The van der Waals surface area contributed by atoms with Crippen LogP contribution >= 0.6 is 0 Å². The van der Waals surface area contributed by atoms with Crippen LogP contribution in [0, 0.1) is 0 Å². The smallest absolute Gasteiger partial charge is 0.00279 e. The van der Waals surface area contributed by atoms with E-state index in [0.717, 1.165) is 0 Å².